The molecule has 1 atom stereocenters. The fraction of sp³-hybridized carbons (Fsp3) is 0.571. The van der Waals surface area contributed by atoms with Gasteiger partial charge in [0.05, 0.1) is 11.6 Å². The average Bonchev–Trinajstić information content (AvgIpc) is 1.93. The van der Waals surface area contributed by atoms with E-state index in [1.807, 2.05) is 20.8 Å². The number of carbonyl (C=O) groups excluding carboxylic acids is 1. The van der Waals surface area contributed by atoms with E-state index in [4.69, 9.17) is 0 Å². The van der Waals surface area contributed by atoms with Gasteiger partial charge in [-0.3, -0.25) is 4.79 Å². The molecule has 0 bridgehead atoms. The van der Waals surface area contributed by atoms with E-state index in [9.17, 15) is 4.79 Å². The number of amides is 1. The lowest BCUT2D eigenvalue weighted by atomic mass is 10.00. The normalized spacial score (nSPS) is 25.9. The smallest absolute Gasteiger partial charge is 0.270 e. The summed E-state index contributed by atoms with van der Waals surface area (Å²) in [6, 6.07) is 0. The van der Waals surface area contributed by atoms with Gasteiger partial charge in [0.2, 0.25) is 0 Å². The predicted octanol–water partition coefficient (Wildman–Crippen LogP) is 1.91. The van der Waals surface area contributed by atoms with E-state index in [-0.39, 0.29) is 11.8 Å². The molecule has 0 aromatic heterocycles. The van der Waals surface area contributed by atoms with Crippen LogP contribution in [0.4, 0.5) is 0 Å². The van der Waals surface area contributed by atoms with Gasteiger partial charge in [0, 0.05) is 0 Å². The molecule has 3 nitrogen and oxygen atoms in total. The Morgan fingerprint density at radius 1 is 1.30 bits per heavy atom. The first-order valence-electron chi connectivity index (χ1n) is 3.26. The molecule has 0 aromatic rings. The standard InChI is InChI=1S/C7H10N2O/c1-4-5(2)7(10)9-8-6(4)3/h5H,1-3H3. The van der Waals surface area contributed by atoms with Gasteiger partial charge in [-0.2, -0.15) is 5.11 Å². The highest BCUT2D eigenvalue weighted by Crippen LogP contribution is 2.21. The van der Waals surface area contributed by atoms with Crippen molar-refractivity contribution < 1.29 is 4.79 Å². The van der Waals surface area contributed by atoms with Crippen molar-refractivity contribution in [2.24, 2.45) is 16.1 Å². The molecule has 1 aliphatic heterocycles. The van der Waals surface area contributed by atoms with Crippen LogP contribution in [-0.2, 0) is 4.79 Å². The number of hydrogen-bond donors (Lipinski definition) is 0. The Balaban J connectivity index is 2.99. The highest BCUT2D eigenvalue weighted by atomic mass is 16.1. The monoisotopic (exact) mass is 138 g/mol. The SMILES string of the molecule is CC1=C(C)C(C)C(=O)N=N1. The largest absolute Gasteiger partial charge is 0.271 e. The van der Waals surface area contributed by atoms with Gasteiger partial charge in [-0.05, 0) is 26.3 Å². The third-order valence-electron chi connectivity index (χ3n) is 1.89. The van der Waals surface area contributed by atoms with Crippen LogP contribution in [0.3, 0.4) is 0 Å². The quantitative estimate of drug-likeness (QED) is 0.504. The molecule has 0 aliphatic carbocycles. The Labute approximate surface area is 59.8 Å². The lowest BCUT2D eigenvalue weighted by Gasteiger charge is -2.12. The van der Waals surface area contributed by atoms with Crippen LogP contribution in [0.1, 0.15) is 20.8 Å². The van der Waals surface area contributed by atoms with Crippen LogP contribution in [0.25, 0.3) is 0 Å². The minimum absolute atomic E-state index is 0.0718. The first-order chi connectivity index (χ1) is 4.63. The molecular weight excluding hydrogens is 128 g/mol. The van der Waals surface area contributed by atoms with Crippen LogP contribution in [0.15, 0.2) is 21.5 Å². The Hall–Kier alpha value is -0.990. The first kappa shape index (κ1) is 7.12. The van der Waals surface area contributed by atoms with Crippen LogP contribution in [0.5, 0.6) is 0 Å². The molecule has 0 aromatic carbocycles. The molecule has 0 saturated heterocycles. The van der Waals surface area contributed by atoms with Crippen molar-refractivity contribution in [2.75, 3.05) is 0 Å². The summed E-state index contributed by atoms with van der Waals surface area (Å²) in [7, 11) is 0. The molecule has 1 rings (SSSR count). The molecule has 1 heterocycles. The number of nitrogens with zero attached hydrogens (tertiary/aromatic N) is 2. The molecule has 0 fully saturated rings. The molecule has 1 unspecified atom stereocenters. The molecule has 0 N–H and O–H groups in total. The van der Waals surface area contributed by atoms with E-state index in [2.05, 4.69) is 10.2 Å². The fourth-order valence-corrected chi connectivity index (χ4v) is 0.788. The van der Waals surface area contributed by atoms with E-state index in [1.165, 1.54) is 0 Å². The van der Waals surface area contributed by atoms with E-state index >= 15 is 0 Å². The van der Waals surface area contributed by atoms with E-state index in [1.54, 1.807) is 0 Å². The fourth-order valence-electron chi connectivity index (χ4n) is 0.788. The molecule has 10 heavy (non-hydrogen) atoms. The second-order valence-corrected chi connectivity index (χ2v) is 2.53. The maximum Gasteiger partial charge on any atom is 0.271 e. The summed E-state index contributed by atoms with van der Waals surface area (Å²) >= 11 is 0. The second kappa shape index (κ2) is 2.33. The summed E-state index contributed by atoms with van der Waals surface area (Å²) < 4.78 is 0. The maximum absolute atomic E-state index is 10.9. The molecule has 54 valence electrons. The van der Waals surface area contributed by atoms with Gasteiger partial charge in [0.1, 0.15) is 0 Å². The van der Waals surface area contributed by atoms with Crippen molar-refractivity contribution >= 4 is 5.91 Å². The lowest BCUT2D eigenvalue weighted by Crippen LogP contribution is -2.13. The lowest BCUT2D eigenvalue weighted by molar-refractivity contribution is -0.120. The third-order valence-corrected chi connectivity index (χ3v) is 1.89. The van der Waals surface area contributed by atoms with Crippen molar-refractivity contribution in [3.63, 3.8) is 0 Å². The molecular formula is C7H10N2O. The van der Waals surface area contributed by atoms with Gasteiger partial charge < -0.3 is 0 Å². The minimum atomic E-state index is -0.136. The summed E-state index contributed by atoms with van der Waals surface area (Å²) in [5, 5.41) is 7.17. The molecule has 3 heteroatoms. The summed E-state index contributed by atoms with van der Waals surface area (Å²) in [4.78, 5) is 10.9. The van der Waals surface area contributed by atoms with E-state index in [0.29, 0.717) is 0 Å². The maximum atomic E-state index is 10.9. The summed E-state index contributed by atoms with van der Waals surface area (Å²) in [5.74, 6) is -0.208. The number of carbonyl (C=O) groups is 1. The molecule has 0 spiro atoms. The Bertz CT molecular complexity index is 228. The van der Waals surface area contributed by atoms with Gasteiger partial charge >= 0.3 is 0 Å². The predicted molar refractivity (Wildman–Crippen MR) is 37.4 cm³/mol. The van der Waals surface area contributed by atoms with Crippen molar-refractivity contribution in [3.8, 4) is 0 Å². The zero-order valence-corrected chi connectivity index (χ0v) is 6.38. The third kappa shape index (κ3) is 0.988. The molecule has 0 radical (unpaired) electrons. The minimum Gasteiger partial charge on any atom is -0.270 e. The summed E-state index contributed by atoms with van der Waals surface area (Å²) in [5.41, 5.74) is 1.90. The van der Waals surface area contributed by atoms with Crippen molar-refractivity contribution in [1.82, 2.24) is 0 Å². The molecule has 0 saturated carbocycles. The summed E-state index contributed by atoms with van der Waals surface area (Å²) in [6.45, 7) is 5.62. The number of allylic oxidation sites excluding steroid dienone is 1. The number of azo groups is 1. The van der Waals surface area contributed by atoms with Crippen LogP contribution in [0.2, 0.25) is 0 Å². The van der Waals surface area contributed by atoms with Crippen LogP contribution < -0.4 is 0 Å². The Morgan fingerprint density at radius 2 is 1.90 bits per heavy atom. The zero-order valence-electron chi connectivity index (χ0n) is 6.38. The Morgan fingerprint density at radius 3 is 2.40 bits per heavy atom. The van der Waals surface area contributed by atoms with Crippen LogP contribution in [0, 0.1) is 5.92 Å². The van der Waals surface area contributed by atoms with Crippen molar-refractivity contribution in [2.45, 2.75) is 20.8 Å². The number of hydrogen-bond acceptors (Lipinski definition) is 2. The molecule has 1 aliphatic rings. The van der Waals surface area contributed by atoms with Gasteiger partial charge in [-0.25, -0.2) is 0 Å². The van der Waals surface area contributed by atoms with Gasteiger partial charge in [-0.1, -0.05) is 0 Å². The number of rotatable bonds is 0. The van der Waals surface area contributed by atoms with Crippen molar-refractivity contribution in [1.29, 1.82) is 0 Å². The van der Waals surface area contributed by atoms with Gasteiger partial charge in [0.25, 0.3) is 5.91 Å². The van der Waals surface area contributed by atoms with E-state index in [0.717, 1.165) is 11.3 Å². The topological polar surface area (TPSA) is 41.8 Å². The van der Waals surface area contributed by atoms with Crippen LogP contribution in [-0.4, -0.2) is 5.91 Å². The zero-order chi connectivity index (χ0) is 7.72. The van der Waals surface area contributed by atoms with Gasteiger partial charge in [0.15, 0.2) is 0 Å². The Kier molecular flexibility index (Phi) is 1.66. The first-order valence-corrected chi connectivity index (χ1v) is 3.26. The van der Waals surface area contributed by atoms with E-state index < -0.39 is 0 Å². The second-order valence-electron chi connectivity index (χ2n) is 2.53. The van der Waals surface area contributed by atoms with Gasteiger partial charge in [-0.15, -0.1) is 5.11 Å². The summed E-state index contributed by atoms with van der Waals surface area (Å²) in [6.07, 6.45) is 0. The average molecular weight is 138 g/mol. The van der Waals surface area contributed by atoms with Crippen molar-refractivity contribution in [3.05, 3.63) is 11.3 Å². The molecule has 1 amide bonds. The highest BCUT2D eigenvalue weighted by molar-refractivity contribution is 5.82. The highest BCUT2D eigenvalue weighted by Gasteiger charge is 2.19. The van der Waals surface area contributed by atoms with Crippen LogP contribution >= 0.6 is 0 Å².